The predicted octanol–water partition coefficient (Wildman–Crippen LogP) is 4.84. The fraction of sp³-hybridized carbons (Fsp3) is 0.211. The van der Waals surface area contributed by atoms with Crippen molar-refractivity contribution >= 4 is 29.5 Å². The summed E-state index contributed by atoms with van der Waals surface area (Å²) >= 11 is 1.55. The van der Waals surface area contributed by atoms with Crippen LogP contribution in [0.25, 0.3) is 12.2 Å². The van der Waals surface area contributed by atoms with Crippen LogP contribution in [0.1, 0.15) is 39.7 Å². The maximum atomic E-state index is 11.6. The molecule has 2 N–H and O–H groups in total. The predicted molar refractivity (Wildman–Crippen MR) is 98.0 cm³/mol. The van der Waals surface area contributed by atoms with E-state index in [0.29, 0.717) is 29.7 Å². The van der Waals surface area contributed by atoms with Gasteiger partial charge in [-0.25, -0.2) is 4.79 Å². The molecule has 0 atom stereocenters. The second-order valence-corrected chi connectivity index (χ2v) is 6.46. The number of aromatic hydroxyl groups is 1. The van der Waals surface area contributed by atoms with Crippen molar-refractivity contribution < 1.29 is 19.7 Å². The molecule has 4 nitrogen and oxygen atoms in total. The number of thiophene rings is 1. The Bertz CT molecular complexity index is 773. The Morgan fingerprint density at radius 1 is 1.42 bits per heavy atom. The lowest BCUT2D eigenvalue weighted by Gasteiger charge is -2.15. The SMILES string of the molecule is C=C(C)CCc1c(OC)cc(/C=C/c2cccs2)c(C(=O)O)c1O. The maximum absolute atomic E-state index is 11.6. The molecule has 0 radical (unpaired) electrons. The third-order valence-electron chi connectivity index (χ3n) is 3.60. The third-order valence-corrected chi connectivity index (χ3v) is 4.44. The van der Waals surface area contributed by atoms with Crippen molar-refractivity contribution in [3.05, 3.63) is 57.3 Å². The van der Waals surface area contributed by atoms with E-state index in [2.05, 4.69) is 6.58 Å². The van der Waals surface area contributed by atoms with Crippen molar-refractivity contribution in [2.45, 2.75) is 19.8 Å². The number of phenols is 1. The summed E-state index contributed by atoms with van der Waals surface area (Å²) in [5.41, 5.74) is 1.74. The van der Waals surface area contributed by atoms with Gasteiger partial charge in [-0.2, -0.15) is 0 Å². The summed E-state index contributed by atoms with van der Waals surface area (Å²) in [5, 5.41) is 22.0. The molecule has 5 heteroatoms. The van der Waals surface area contributed by atoms with Gasteiger partial charge in [-0.15, -0.1) is 17.9 Å². The van der Waals surface area contributed by atoms with Gasteiger partial charge in [-0.3, -0.25) is 0 Å². The highest BCUT2D eigenvalue weighted by Crippen LogP contribution is 2.36. The molecule has 0 saturated heterocycles. The second kappa shape index (κ2) is 7.84. The van der Waals surface area contributed by atoms with E-state index in [1.54, 1.807) is 23.5 Å². The number of methoxy groups -OCH3 is 1. The van der Waals surface area contributed by atoms with Crippen LogP contribution in [-0.2, 0) is 6.42 Å². The summed E-state index contributed by atoms with van der Waals surface area (Å²) < 4.78 is 5.36. The summed E-state index contributed by atoms with van der Waals surface area (Å²) in [4.78, 5) is 12.6. The Balaban J connectivity index is 2.52. The number of carboxylic acid groups (broad SMARTS) is 1. The number of hydrogen-bond acceptors (Lipinski definition) is 4. The maximum Gasteiger partial charge on any atom is 0.340 e. The number of aromatic carboxylic acids is 1. The first kappa shape index (κ1) is 17.8. The molecule has 0 amide bonds. The fourth-order valence-electron chi connectivity index (χ4n) is 2.38. The van der Waals surface area contributed by atoms with Gasteiger partial charge in [0.2, 0.25) is 0 Å². The van der Waals surface area contributed by atoms with E-state index >= 15 is 0 Å². The number of benzene rings is 1. The van der Waals surface area contributed by atoms with Gasteiger partial charge < -0.3 is 14.9 Å². The van der Waals surface area contributed by atoms with E-state index in [9.17, 15) is 15.0 Å². The molecular formula is C19H20O4S. The van der Waals surface area contributed by atoms with Crippen molar-refractivity contribution in [1.82, 2.24) is 0 Å². The van der Waals surface area contributed by atoms with Gasteiger partial charge in [-0.1, -0.05) is 17.7 Å². The first-order valence-corrected chi connectivity index (χ1v) is 8.34. The summed E-state index contributed by atoms with van der Waals surface area (Å²) in [6.45, 7) is 5.73. The molecule has 0 saturated carbocycles. The van der Waals surface area contributed by atoms with E-state index in [-0.39, 0.29) is 11.3 Å². The van der Waals surface area contributed by atoms with Crippen molar-refractivity contribution in [2.24, 2.45) is 0 Å². The molecule has 0 aliphatic rings. The first-order valence-electron chi connectivity index (χ1n) is 7.46. The van der Waals surface area contributed by atoms with Gasteiger partial charge in [0.1, 0.15) is 17.1 Å². The van der Waals surface area contributed by atoms with Crippen molar-refractivity contribution in [3.8, 4) is 11.5 Å². The zero-order valence-corrected chi connectivity index (χ0v) is 14.5. The minimum absolute atomic E-state index is 0.111. The Morgan fingerprint density at radius 2 is 2.17 bits per heavy atom. The number of allylic oxidation sites excluding steroid dienone is 1. The molecule has 0 bridgehead atoms. The van der Waals surface area contributed by atoms with Crippen molar-refractivity contribution in [2.75, 3.05) is 7.11 Å². The summed E-state index contributed by atoms with van der Waals surface area (Å²) in [7, 11) is 1.51. The van der Waals surface area contributed by atoms with Crippen LogP contribution >= 0.6 is 11.3 Å². The molecular weight excluding hydrogens is 324 g/mol. The first-order chi connectivity index (χ1) is 11.4. The average Bonchev–Trinajstić information content (AvgIpc) is 3.03. The number of carboxylic acids is 1. The van der Waals surface area contributed by atoms with Gasteiger partial charge in [0.25, 0.3) is 0 Å². The molecule has 1 aromatic carbocycles. The molecule has 126 valence electrons. The molecule has 0 unspecified atom stereocenters. The lowest BCUT2D eigenvalue weighted by Crippen LogP contribution is -2.05. The lowest BCUT2D eigenvalue weighted by molar-refractivity contribution is 0.0693. The van der Waals surface area contributed by atoms with Crippen LogP contribution in [0.15, 0.2) is 35.7 Å². The Labute approximate surface area is 145 Å². The van der Waals surface area contributed by atoms with Crippen LogP contribution in [-0.4, -0.2) is 23.3 Å². The van der Waals surface area contributed by atoms with E-state index in [1.165, 1.54) is 7.11 Å². The second-order valence-electron chi connectivity index (χ2n) is 5.48. The standard InChI is InChI=1S/C19H20O4S/c1-12(2)6-9-15-16(23-3)11-13(17(18(15)20)19(21)22)7-8-14-5-4-10-24-14/h4-5,7-8,10-11,20H,1,6,9H2,2-3H3,(H,21,22)/b8-7+. The molecule has 2 aromatic rings. The van der Waals surface area contributed by atoms with Crippen LogP contribution in [0.2, 0.25) is 0 Å². The van der Waals surface area contributed by atoms with E-state index in [1.807, 2.05) is 30.5 Å². The number of hydrogen-bond donors (Lipinski definition) is 2. The molecule has 1 aromatic heterocycles. The molecule has 2 rings (SSSR count). The summed E-state index contributed by atoms with van der Waals surface area (Å²) in [5.74, 6) is -0.934. The molecule has 0 aliphatic heterocycles. The Kier molecular flexibility index (Phi) is 5.82. The van der Waals surface area contributed by atoms with Gasteiger partial charge in [0.05, 0.1) is 7.11 Å². The number of ether oxygens (including phenoxy) is 1. The van der Waals surface area contributed by atoms with Crippen LogP contribution in [0, 0.1) is 0 Å². The molecule has 0 fully saturated rings. The fourth-order valence-corrected chi connectivity index (χ4v) is 3.00. The monoisotopic (exact) mass is 344 g/mol. The lowest BCUT2D eigenvalue weighted by atomic mass is 9.96. The quantitative estimate of drug-likeness (QED) is 0.705. The highest BCUT2D eigenvalue weighted by Gasteiger charge is 2.21. The normalized spacial score (nSPS) is 10.9. The van der Waals surface area contributed by atoms with Gasteiger partial charge >= 0.3 is 5.97 Å². The molecule has 1 heterocycles. The van der Waals surface area contributed by atoms with Crippen LogP contribution < -0.4 is 4.74 Å². The molecule has 24 heavy (non-hydrogen) atoms. The molecule has 0 spiro atoms. The Morgan fingerprint density at radius 3 is 2.71 bits per heavy atom. The average molecular weight is 344 g/mol. The van der Waals surface area contributed by atoms with Crippen molar-refractivity contribution in [3.63, 3.8) is 0 Å². The highest BCUT2D eigenvalue weighted by atomic mass is 32.1. The van der Waals surface area contributed by atoms with Gasteiger partial charge in [0.15, 0.2) is 0 Å². The molecule has 0 aliphatic carbocycles. The minimum Gasteiger partial charge on any atom is -0.507 e. The number of carbonyl (C=O) groups is 1. The van der Waals surface area contributed by atoms with Gasteiger partial charge in [-0.05, 0) is 48.9 Å². The van der Waals surface area contributed by atoms with E-state index < -0.39 is 5.97 Å². The zero-order chi connectivity index (χ0) is 17.7. The highest BCUT2D eigenvalue weighted by molar-refractivity contribution is 7.10. The van der Waals surface area contributed by atoms with E-state index in [0.717, 1.165) is 10.5 Å². The topological polar surface area (TPSA) is 66.8 Å². The minimum atomic E-state index is -1.17. The smallest absolute Gasteiger partial charge is 0.340 e. The van der Waals surface area contributed by atoms with Crippen molar-refractivity contribution in [1.29, 1.82) is 0 Å². The van der Waals surface area contributed by atoms with Crippen LogP contribution in [0.5, 0.6) is 11.5 Å². The van der Waals surface area contributed by atoms with Gasteiger partial charge in [0, 0.05) is 10.4 Å². The van der Waals surface area contributed by atoms with E-state index in [4.69, 9.17) is 4.74 Å². The third kappa shape index (κ3) is 4.06. The largest absolute Gasteiger partial charge is 0.507 e. The Hall–Kier alpha value is -2.53. The van der Waals surface area contributed by atoms with Crippen LogP contribution in [0.3, 0.4) is 0 Å². The van der Waals surface area contributed by atoms with Crippen LogP contribution in [0.4, 0.5) is 0 Å². The zero-order valence-electron chi connectivity index (χ0n) is 13.7. The summed E-state index contributed by atoms with van der Waals surface area (Å²) in [6.07, 6.45) is 4.62. The summed E-state index contributed by atoms with van der Waals surface area (Å²) in [6, 6.07) is 5.50. The number of rotatable bonds is 7.